The van der Waals surface area contributed by atoms with Gasteiger partial charge in [0.05, 0.1) is 17.9 Å². The van der Waals surface area contributed by atoms with E-state index in [9.17, 15) is 9.59 Å². The number of morpholine rings is 1. The monoisotopic (exact) mass is 345 g/mol. The summed E-state index contributed by atoms with van der Waals surface area (Å²) in [6, 6.07) is 9.68. The summed E-state index contributed by atoms with van der Waals surface area (Å²) in [6.07, 6.45) is 0. The molecule has 0 saturated carbocycles. The van der Waals surface area contributed by atoms with Crippen LogP contribution in [0.2, 0.25) is 0 Å². The number of nitrogens with zero attached hydrogens (tertiary/aromatic N) is 2. The number of nitrogens with one attached hydrogen (secondary N) is 1. The molecule has 0 unspecified atom stereocenters. The molecule has 6 nitrogen and oxygen atoms in total. The topological polar surface area (TPSA) is 71.5 Å². The van der Waals surface area contributed by atoms with Gasteiger partial charge in [-0.1, -0.05) is 30.3 Å². The first-order valence-electron chi connectivity index (χ1n) is 7.70. The van der Waals surface area contributed by atoms with E-state index in [1.165, 1.54) is 16.2 Å². The van der Waals surface area contributed by atoms with Crippen molar-refractivity contribution in [3.05, 3.63) is 35.7 Å². The fourth-order valence-electron chi connectivity index (χ4n) is 2.56. The minimum Gasteiger partial charge on any atom is -0.372 e. The van der Waals surface area contributed by atoms with Crippen LogP contribution in [0.3, 0.4) is 0 Å². The molecule has 0 aliphatic carbocycles. The normalized spacial score (nSPS) is 16.7. The third-order valence-corrected chi connectivity index (χ3v) is 4.46. The van der Waals surface area contributed by atoms with Crippen molar-refractivity contribution in [1.29, 1.82) is 0 Å². The van der Waals surface area contributed by atoms with Crippen LogP contribution in [-0.4, -0.2) is 47.0 Å². The molecule has 1 saturated heterocycles. The molecule has 1 aliphatic rings. The third-order valence-electron chi connectivity index (χ3n) is 3.70. The summed E-state index contributed by atoms with van der Waals surface area (Å²) in [5.41, 5.74) is 1.31. The average Bonchev–Trinajstić information content (AvgIpc) is 3.02. The molecule has 0 radical (unpaired) electrons. The molecule has 2 amide bonds. The standard InChI is InChI=1S/C17H19N3O3S/c1-17(2)11-20(8-9-23-17)15(22)14(21)19-16-18-13(10-24-16)12-6-4-3-5-7-12/h3-7,10H,8-9,11H2,1-2H3,(H,18,19,21). The zero-order chi connectivity index (χ0) is 17.2. The first-order chi connectivity index (χ1) is 11.4. The highest BCUT2D eigenvalue weighted by Crippen LogP contribution is 2.24. The molecule has 0 atom stereocenters. The first kappa shape index (κ1) is 16.6. The largest absolute Gasteiger partial charge is 0.372 e. The number of anilines is 1. The van der Waals surface area contributed by atoms with Crippen molar-refractivity contribution >= 4 is 28.3 Å². The van der Waals surface area contributed by atoms with Gasteiger partial charge < -0.3 is 9.64 Å². The van der Waals surface area contributed by atoms with Crippen LogP contribution in [0, 0.1) is 0 Å². The Kier molecular flexibility index (Phi) is 4.64. The molecular formula is C17H19N3O3S. The lowest BCUT2D eigenvalue weighted by molar-refractivity contribution is -0.153. The van der Waals surface area contributed by atoms with Gasteiger partial charge in [0.1, 0.15) is 0 Å². The Bertz CT molecular complexity index is 743. The third kappa shape index (κ3) is 3.80. The average molecular weight is 345 g/mol. The number of carbonyl (C=O) groups excluding carboxylic acids is 2. The molecule has 0 spiro atoms. The lowest BCUT2D eigenvalue weighted by Gasteiger charge is -2.37. The molecule has 126 valence electrons. The molecular weight excluding hydrogens is 326 g/mol. The Morgan fingerprint density at radius 3 is 2.75 bits per heavy atom. The second kappa shape index (κ2) is 6.70. The fourth-order valence-corrected chi connectivity index (χ4v) is 3.27. The summed E-state index contributed by atoms with van der Waals surface area (Å²) in [4.78, 5) is 30.4. The summed E-state index contributed by atoms with van der Waals surface area (Å²) in [7, 11) is 0. The summed E-state index contributed by atoms with van der Waals surface area (Å²) in [6.45, 7) is 5.05. The van der Waals surface area contributed by atoms with Crippen LogP contribution >= 0.6 is 11.3 Å². The number of hydrogen-bond donors (Lipinski definition) is 1. The van der Waals surface area contributed by atoms with E-state index in [1.54, 1.807) is 0 Å². The number of carbonyl (C=O) groups is 2. The zero-order valence-electron chi connectivity index (χ0n) is 13.6. The quantitative estimate of drug-likeness (QED) is 0.849. The van der Waals surface area contributed by atoms with Crippen LogP contribution in [0.15, 0.2) is 35.7 Å². The predicted octanol–water partition coefficient (Wildman–Crippen LogP) is 2.39. The van der Waals surface area contributed by atoms with Gasteiger partial charge in [-0.3, -0.25) is 14.9 Å². The lowest BCUT2D eigenvalue weighted by Crippen LogP contribution is -2.53. The summed E-state index contributed by atoms with van der Waals surface area (Å²) < 4.78 is 5.56. The van der Waals surface area contributed by atoms with Gasteiger partial charge in [-0.25, -0.2) is 4.98 Å². The maximum atomic E-state index is 12.3. The maximum absolute atomic E-state index is 12.3. The number of hydrogen-bond acceptors (Lipinski definition) is 5. The molecule has 0 bridgehead atoms. The number of amides is 2. The minimum atomic E-state index is -0.665. The summed E-state index contributed by atoms with van der Waals surface area (Å²) in [5, 5.41) is 4.86. The van der Waals surface area contributed by atoms with Gasteiger partial charge in [0.2, 0.25) is 0 Å². The van der Waals surface area contributed by atoms with Crippen molar-refractivity contribution in [3.8, 4) is 11.3 Å². The molecule has 2 heterocycles. The van der Waals surface area contributed by atoms with Gasteiger partial charge in [0.15, 0.2) is 5.13 Å². The van der Waals surface area contributed by atoms with Crippen LogP contribution in [0.5, 0.6) is 0 Å². The smallest absolute Gasteiger partial charge is 0.315 e. The minimum absolute atomic E-state index is 0.395. The van der Waals surface area contributed by atoms with Gasteiger partial charge in [0, 0.05) is 24.0 Å². The molecule has 1 aromatic heterocycles. The highest BCUT2D eigenvalue weighted by Gasteiger charge is 2.32. The van der Waals surface area contributed by atoms with E-state index < -0.39 is 17.4 Å². The van der Waals surface area contributed by atoms with E-state index in [1.807, 2.05) is 49.6 Å². The molecule has 1 aromatic carbocycles. The Morgan fingerprint density at radius 1 is 1.29 bits per heavy atom. The lowest BCUT2D eigenvalue weighted by atomic mass is 10.1. The predicted molar refractivity (Wildman–Crippen MR) is 92.8 cm³/mol. The molecule has 1 N–H and O–H groups in total. The van der Waals surface area contributed by atoms with Gasteiger partial charge in [-0.2, -0.15) is 0 Å². The van der Waals surface area contributed by atoms with Crippen LogP contribution in [-0.2, 0) is 14.3 Å². The Morgan fingerprint density at radius 2 is 2.04 bits per heavy atom. The van der Waals surface area contributed by atoms with E-state index in [4.69, 9.17) is 4.74 Å². The highest BCUT2D eigenvalue weighted by molar-refractivity contribution is 7.14. The molecule has 1 aliphatic heterocycles. The van der Waals surface area contributed by atoms with E-state index in [0.29, 0.717) is 24.8 Å². The van der Waals surface area contributed by atoms with Gasteiger partial charge in [-0.05, 0) is 13.8 Å². The van der Waals surface area contributed by atoms with Crippen LogP contribution in [0.1, 0.15) is 13.8 Å². The van der Waals surface area contributed by atoms with Gasteiger partial charge in [0.25, 0.3) is 0 Å². The SMILES string of the molecule is CC1(C)CN(C(=O)C(=O)Nc2nc(-c3ccccc3)cs2)CCO1. The number of thiazole rings is 1. The van der Waals surface area contributed by atoms with Gasteiger partial charge in [-0.15, -0.1) is 11.3 Å². The van der Waals surface area contributed by atoms with E-state index in [-0.39, 0.29) is 0 Å². The summed E-state index contributed by atoms with van der Waals surface area (Å²) in [5.74, 6) is -1.22. The fraction of sp³-hybridized carbons (Fsp3) is 0.353. The number of aromatic nitrogens is 1. The second-order valence-electron chi connectivity index (χ2n) is 6.19. The highest BCUT2D eigenvalue weighted by atomic mass is 32.1. The second-order valence-corrected chi connectivity index (χ2v) is 7.05. The molecule has 1 fully saturated rings. The Labute approximate surface area is 144 Å². The van der Waals surface area contributed by atoms with Crippen molar-refractivity contribution in [1.82, 2.24) is 9.88 Å². The van der Waals surface area contributed by atoms with Crippen molar-refractivity contribution in [3.63, 3.8) is 0 Å². The number of ether oxygens (including phenoxy) is 1. The molecule has 2 aromatic rings. The zero-order valence-corrected chi connectivity index (χ0v) is 14.4. The number of rotatable bonds is 2. The van der Waals surface area contributed by atoms with E-state index >= 15 is 0 Å². The van der Waals surface area contributed by atoms with Crippen LogP contribution in [0.25, 0.3) is 11.3 Å². The summed E-state index contributed by atoms with van der Waals surface area (Å²) >= 11 is 1.30. The van der Waals surface area contributed by atoms with E-state index in [2.05, 4.69) is 10.3 Å². The van der Waals surface area contributed by atoms with Crippen molar-refractivity contribution in [2.45, 2.75) is 19.4 Å². The van der Waals surface area contributed by atoms with Crippen LogP contribution < -0.4 is 5.32 Å². The Hall–Kier alpha value is -2.25. The molecule has 7 heteroatoms. The first-order valence-corrected chi connectivity index (χ1v) is 8.58. The number of benzene rings is 1. The van der Waals surface area contributed by atoms with Crippen molar-refractivity contribution in [2.24, 2.45) is 0 Å². The van der Waals surface area contributed by atoms with E-state index in [0.717, 1.165) is 11.3 Å². The van der Waals surface area contributed by atoms with Gasteiger partial charge >= 0.3 is 11.8 Å². The molecule has 3 rings (SSSR count). The van der Waals surface area contributed by atoms with Crippen LogP contribution in [0.4, 0.5) is 5.13 Å². The van der Waals surface area contributed by atoms with Crippen molar-refractivity contribution < 1.29 is 14.3 Å². The Balaban J connectivity index is 1.65. The maximum Gasteiger partial charge on any atom is 0.315 e. The molecule has 24 heavy (non-hydrogen) atoms. The van der Waals surface area contributed by atoms with Crippen molar-refractivity contribution in [2.75, 3.05) is 25.0 Å².